The summed E-state index contributed by atoms with van der Waals surface area (Å²) >= 11 is 0. The Labute approximate surface area is 118 Å². The molecule has 5 nitrogen and oxygen atoms in total. The zero-order chi connectivity index (χ0) is 13.9. The molecule has 0 radical (unpaired) electrons. The van der Waals surface area contributed by atoms with Gasteiger partial charge in [-0.2, -0.15) is 8.42 Å². The molecule has 0 spiro atoms. The number of piperidine rings is 1. The molecule has 3 aliphatic rings. The number of aliphatic hydroxyl groups excluding tert-OH is 1. The van der Waals surface area contributed by atoms with Crippen molar-refractivity contribution in [2.75, 3.05) is 0 Å². The summed E-state index contributed by atoms with van der Waals surface area (Å²) in [6.07, 6.45) is 3.15. The third-order valence-corrected chi connectivity index (χ3v) is 5.89. The molecule has 0 saturated carbocycles. The van der Waals surface area contributed by atoms with E-state index < -0.39 is 10.0 Å². The SMILES string of the molecule is O=S1(=O)N=C(N2C3CCC2CC(O)C3)c2ccccc21. The minimum atomic E-state index is -3.55. The van der Waals surface area contributed by atoms with Gasteiger partial charge in [-0.1, -0.05) is 12.1 Å². The van der Waals surface area contributed by atoms with E-state index in [0.717, 1.165) is 12.8 Å². The molecular formula is C14H16N2O3S. The summed E-state index contributed by atoms with van der Waals surface area (Å²) in [5, 5.41) is 9.86. The predicted molar refractivity (Wildman–Crippen MR) is 74.1 cm³/mol. The van der Waals surface area contributed by atoms with Crippen molar-refractivity contribution in [2.24, 2.45) is 4.40 Å². The van der Waals surface area contributed by atoms with Crippen LogP contribution < -0.4 is 0 Å². The Balaban J connectivity index is 1.81. The van der Waals surface area contributed by atoms with E-state index in [1.165, 1.54) is 0 Å². The van der Waals surface area contributed by atoms with Gasteiger partial charge in [0.25, 0.3) is 10.0 Å². The Morgan fingerprint density at radius 3 is 2.50 bits per heavy atom. The first kappa shape index (κ1) is 12.3. The molecule has 2 atom stereocenters. The molecule has 1 aromatic carbocycles. The minimum absolute atomic E-state index is 0.212. The first-order valence-electron chi connectivity index (χ1n) is 6.97. The Morgan fingerprint density at radius 1 is 1.15 bits per heavy atom. The maximum Gasteiger partial charge on any atom is 0.285 e. The van der Waals surface area contributed by atoms with Gasteiger partial charge in [0.05, 0.1) is 6.10 Å². The largest absolute Gasteiger partial charge is 0.393 e. The number of benzene rings is 1. The lowest BCUT2D eigenvalue weighted by molar-refractivity contribution is 0.0715. The van der Waals surface area contributed by atoms with Crippen LogP contribution >= 0.6 is 0 Å². The molecule has 0 amide bonds. The molecule has 2 unspecified atom stereocenters. The van der Waals surface area contributed by atoms with Crippen molar-refractivity contribution in [2.45, 2.75) is 48.8 Å². The Morgan fingerprint density at radius 2 is 1.80 bits per heavy atom. The number of fused-ring (bicyclic) bond motifs is 3. The fraction of sp³-hybridized carbons (Fsp3) is 0.500. The van der Waals surface area contributed by atoms with Crippen molar-refractivity contribution in [3.05, 3.63) is 29.8 Å². The predicted octanol–water partition coefficient (Wildman–Crippen LogP) is 1.12. The van der Waals surface area contributed by atoms with Crippen molar-refractivity contribution in [1.82, 2.24) is 4.90 Å². The van der Waals surface area contributed by atoms with Crippen LogP contribution in [0, 0.1) is 0 Å². The van der Waals surface area contributed by atoms with E-state index in [1.54, 1.807) is 12.1 Å². The second-order valence-corrected chi connectivity index (χ2v) is 7.38. The van der Waals surface area contributed by atoms with Gasteiger partial charge >= 0.3 is 0 Å². The zero-order valence-electron chi connectivity index (χ0n) is 10.9. The third kappa shape index (κ3) is 1.64. The topological polar surface area (TPSA) is 70.0 Å². The molecule has 2 fully saturated rings. The second kappa shape index (κ2) is 4.05. The number of sulfonamides is 1. The Kier molecular flexibility index (Phi) is 2.50. The van der Waals surface area contributed by atoms with Gasteiger partial charge in [0.15, 0.2) is 5.84 Å². The number of amidine groups is 1. The van der Waals surface area contributed by atoms with E-state index in [1.807, 2.05) is 12.1 Å². The van der Waals surface area contributed by atoms with Gasteiger partial charge in [-0.25, -0.2) is 0 Å². The monoisotopic (exact) mass is 292 g/mol. The minimum Gasteiger partial charge on any atom is -0.393 e. The molecule has 3 aliphatic heterocycles. The highest BCUT2D eigenvalue weighted by Crippen LogP contribution is 2.39. The molecule has 1 aromatic rings. The summed E-state index contributed by atoms with van der Waals surface area (Å²) in [7, 11) is -3.55. The normalized spacial score (nSPS) is 34.0. The quantitative estimate of drug-likeness (QED) is 0.778. The maximum absolute atomic E-state index is 12.1. The standard InChI is InChI=1S/C14H16N2O3S/c17-11-7-9-5-6-10(8-11)16(9)14-12-3-1-2-4-13(12)20(18,19)15-14/h1-4,9-11,17H,5-8H2. The van der Waals surface area contributed by atoms with E-state index in [4.69, 9.17) is 0 Å². The molecule has 0 aliphatic carbocycles. The van der Waals surface area contributed by atoms with Crippen molar-refractivity contribution in [3.63, 3.8) is 0 Å². The lowest BCUT2D eigenvalue weighted by atomic mass is 9.98. The number of hydrogen-bond acceptors (Lipinski definition) is 4. The van der Waals surface area contributed by atoms with Crippen molar-refractivity contribution in [1.29, 1.82) is 0 Å². The molecule has 1 N–H and O–H groups in total. The van der Waals surface area contributed by atoms with Crippen LogP contribution in [0.25, 0.3) is 0 Å². The van der Waals surface area contributed by atoms with Crippen LogP contribution in [0.5, 0.6) is 0 Å². The molecule has 3 heterocycles. The second-order valence-electron chi connectivity index (χ2n) is 5.80. The first-order valence-corrected chi connectivity index (χ1v) is 8.41. The van der Waals surface area contributed by atoms with Gasteiger partial charge in [-0.05, 0) is 37.8 Å². The van der Waals surface area contributed by atoms with Crippen LogP contribution in [0.2, 0.25) is 0 Å². The fourth-order valence-corrected chi connectivity index (χ4v) is 4.98. The van der Waals surface area contributed by atoms with Crippen LogP contribution in [-0.2, 0) is 10.0 Å². The molecule has 20 heavy (non-hydrogen) atoms. The Bertz CT molecular complexity index is 684. The maximum atomic E-state index is 12.1. The average molecular weight is 292 g/mol. The van der Waals surface area contributed by atoms with Crippen LogP contribution in [-0.4, -0.2) is 42.4 Å². The Hall–Kier alpha value is -1.40. The molecule has 0 aromatic heterocycles. The first-order chi connectivity index (χ1) is 9.56. The van der Waals surface area contributed by atoms with Crippen LogP contribution in [0.1, 0.15) is 31.2 Å². The molecule has 2 bridgehead atoms. The van der Waals surface area contributed by atoms with Crippen molar-refractivity contribution < 1.29 is 13.5 Å². The van der Waals surface area contributed by atoms with Crippen LogP contribution in [0.3, 0.4) is 0 Å². The highest BCUT2D eigenvalue weighted by Gasteiger charge is 2.45. The van der Waals surface area contributed by atoms with Gasteiger partial charge in [-0.15, -0.1) is 4.40 Å². The molecular weight excluding hydrogens is 276 g/mol. The summed E-state index contributed by atoms with van der Waals surface area (Å²) in [5.74, 6) is 0.583. The van der Waals surface area contributed by atoms with Gasteiger partial charge in [-0.3, -0.25) is 0 Å². The summed E-state index contributed by atoms with van der Waals surface area (Å²) in [4.78, 5) is 2.44. The van der Waals surface area contributed by atoms with Gasteiger partial charge in [0.1, 0.15) is 4.90 Å². The number of hydrogen-bond donors (Lipinski definition) is 1. The highest BCUT2D eigenvalue weighted by molar-refractivity contribution is 7.90. The lowest BCUT2D eigenvalue weighted by Gasteiger charge is -2.38. The highest BCUT2D eigenvalue weighted by atomic mass is 32.2. The molecule has 2 saturated heterocycles. The molecule has 106 valence electrons. The van der Waals surface area contributed by atoms with E-state index in [9.17, 15) is 13.5 Å². The van der Waals surface area contributed by atoms with E-state index in [0.29, 0.717) is 29.1 Å². The number of nitrogens with zero attached hydrogens (tertiary/aromatic N) is 2. The van der Waals surface area contributed by atoms with Crippen molar-refractivity contribution >= 4 is 15.9 Å². The summed E-state index contributed by atoms with van der Waals surface area (Å²) in [6.45, 7) is 0. The lowest BCUT2D eigenvalue weighted by Crippen LogP contribution is -2.48. The average Bonchev–Trinajstić information content (AvgIpc) is 2.82. The number of rotatable bonds is 0. The molecule has 4 rings (SSSR count). The van der Waals surface area contributed by atoms with Crippen molar-refractivity contribution in [3.8, 4) is 0 Å². The van der Waals surface area contributed by atoms with E-state index in [-0.39, 0.29) is 18.2 Å². The summed E-state index contributed by atoms with van der Waals surface area (Å²) in [5.41, 5.74) is 0.709. The smallest absolute Gasteiger partial charge is 0.285 e. The summed E-state index contributed by atoms with van der Waals surface area (Å²) < 4.78 is 28.3. The van der Waals surface area contributed by atoms with E-state index >= 15 is 0 Å². The number of aliphatic hydroxyl groups is 1. The van der Waals surface area contributed by atoms with Gasteiger partial charge in [0.2, 0.25) is 0 Å². The van der Waals surface area contributed by atoms with E-state index in [2.05, 4.69) is 9.30 Å². The van der Waals surface area contributed by atoms with Gasteiger partial charge in [0, 0.05) is 17.6 Å². The summed E-state index contributed by atoms with van der Waals surface area (Å²) in [6, 6.07) is 7.43. The van der Waals surface area contributed by atoms with Gasteiger partial charge < -0.3 is 10.0 Å². The van der Waals surface area contributed by atoms with Crippen LogP contribution in [0.15, 0.2) is 33.6 Å². The fourth-order valence-electron chi connectivity index (χ4n) is 3.77. The zero-order valence-corrected chi connectivity index (χ0v) is 11.8. The third-order valence-electron chi connectivity index (χ3n) is 4.57. The van der Waals surface area contributed by atoms with Crippen LogP contribution in [0.4, 0.5) is 0 Å². The molecule has 6 heteroatoms.